The molecule has 1 heterocycles. The van der Waals surface area contributed by atoms with E-state index >= 15 is 0 Å². The molecule has 28 heavy (non-hydrogen) atoms. The summed E-state index contributed by atoms with van der Waals surface area (Å²) in [5, 5.41) is 0. The highest BCUT2D eigenvalue weighted by atomic mass is 16.8. The molecule has 1 fully saturated rings. The first kappa shape index (κ1) is 19.9. The van der Waals surface area contributed by atoms with Crippen molar-refractivity contribution < 1.29 is 33.3 Å². The van der Waals surface area contributed by atoms with Gasteiger partial charge in [0.1, 0.15) is 5.75 Å². The Morgan fingerprint density at radius 2 is 1.39 bits per heavy atom. The Morgan fingerprint density at radius 3 is 1.86 bits per heavy atom. The smallest absolute Gasteiger partial charge is 0.338 e. The third-order valence-corrected chi connectivity index (χ3v) is 4.59. The number of carbonyl (C=O) groups is 2. The van der Waals surface area contributed by atoms with E-state index in [1.54, 1.807) is 31.4 Å². The highest BCUT2D eigenvalue weighted by Gasteiger charge is 2.55. The van der Waals surface area contributed by atoms with Crippen molar-refractivity contribution in [2.75, 3.05) is 21.3 Å². The van der Waals surface area contributed by atoms with Crippen molar-refractivity contribution in [2.45, 2.75) is 24.4 Å². The van der Waals surface area contributed by atoms with Crippen LogP contribution >= 0.6 is 0 Å². The molecule has 1 saturated heterocycles. The van der Waals surface area contributed by atoms with Crippen molar-refractivity contribution in [1.29, 1.82) is 0 Å². The lowest BCUT2D eigenvalue weighted by atomic mass is 9.97. The van der Waals surface area contributed by atoms with Crippen LogP contribution in [0.15, 0.2) is 54.6 Å². The topological polar surface area (TPSA) is 80.3 Å². The van der Waals surface area contributed by atoms with Gasteiger partial charge in [0.05, 0.1) is 21.3 Å². The third kappa shape index (κ3) is 3.85. The van der Waals surface area contributed by atoms with Crippen LogP contribution in [-0.4, -0.2) is 45.5 Å². The standard InChI is InChI=1S/C21H22O7/c1-24-16-11-9-15(10-12-16)21(13-14-7-5-4-6-8-14)27-17(19(22)25-2)18(28-21)20(23)26-3/h4-12,17-18H,13H2,1-3H3/t17-,18-/m1/s1. The predicted octanol–water partition coefficient (Wildman–Crippen LogP) is 2.22. The zero-order valence-corrected chi connectivity index (χ0v) is 15.9. The van der Waals surface area contributed by atoms with Gasteiger partial charge in [-0.05, 0) is 29.8 Å². The van der Waals surface area contributed by atoms with Gasteiger partial charge < -0.3 is 23.7 Å². The minimum atomic E-state index is -1.37. The first-order valence-corrected chi connectivity index (χ1v) is 8.72. The molecule has 0 N–H and O–H groups in total. The van der Waals surface area contributed by atoms with E-state index in [0.29, 0.717) is 11.3 Å². The van der Waals surface area contributed by atoms with Gasteiger partial charge in [0, 0.05) is 12.0 Å². The lowest BCUT2D eigenvalue weighted by Gasteiger charge is -2.29. The first-order chi connectivity index (χ1) is 13.5. The predicted molar refractivity (Wildman–Crippen MR) is 98.6 cm³/mol. The molecule has 0 aliphatic carbocycles. The summed E-state index contributed by atoms with van der Waals surface area (Å²) in [5.74, 6) is -2.13. The van der Waals surface area contributed by atoms with E-state index in [4.69, 9.17) is 23.7 Å². The van der Waals surface area contributed by atoms with Gasteiger partial charge >= 0.3 is 11.9 Å². The normalized spacial score (nSPS) is 20.4. The number of esters is 2. The van der Waals surface area contributed by atoms with Gasteiger partial charge in [0.15, 0.2) is 12.2 Å². The summed E-state index contributed by atoms with van der Waals surface area (Å²) < 4.78 is 26.9. The second-order valence-electron chi connectivity index (χ2n) is 6.27. The molecule has 7 heteroatoms. The molecule has 0 aromatic heterocycles. The van der Waals surface area contributed by atoms with Crippen LogP contribution in [0.2, 0.25) is 0 Å². The number of benzene rings is 2. The Balaban J connectivity index is 2.04. The Morgan fingerprint density at radius 1 is 0.857 bits per heavy atom. The molecule has 2 atom stereocenters. The van der Waals surface area contributed by atoms with E-state index in [9.17, 15) is 9.59 Å². The molecule has 0 bridgehead atoms. The van der Waals surface area contributed by atoms with Crippen molar-refractivity contribution >= 4 is 11.9 Å². The lowest BCUT2D eigenvalue weighted by molar-refractivity contribution is -0.194. The molecule has 0 spiro atoms. The van der Waals surface area contributed by atoms with Crippen molar-refractivity contribution in [3.8, 4) is 5.75 Å². The summed E-state index contributed by atoms with van der Waals surface area (Å²) in [6.07, 6.45) is -2.22. The van der Waals surface area contributed by atoms with Gasteiger partial charge in [-0.1, -0.05) is 30.3 Å². The second kappa shape index (κ2) is 8.41. The highest BCUT2D eigenvalue weighted by molar-refractivity contribution is 5.86. The van der Waals surface area contributed by atoms with Crippen LogP contribution in [0.4, 0.5) is 0 Å². The molecule has 1 aliphatic rings. The number of ether oxygens (including phenoxy) is 5. The molecule has 0 unspecified atom stereocenters. The van der Waals surface area contributed by atoms with E-state index in [-0.39, 0.29) is 6.42 Å². The quantitative estimate of drug-likeness (QED) is 0.704. The van der Waals surface area contributed by atoms with Crippen LogP contribution < -0.4 is 4.74 Å². The minimum absolute atomic E-state index is 0.279. The maximum atomic E-state index is 12.3. The molecule has 0 saturated carbocycles. The van der Waals surface area contributed by atoms with Gasteiger partial charge in [-0.25, -0.2) is 9.59 Å². The average molecular weight is 386 g/mol. The van der Waals surface area contributed by atoms with Crippen molar-refractivity contribution in [1.82, 2.24) is 0 Å². The highest BCUT2D eigenvalue weighted by Crippen LogP contribution is 2.41. The zero-order chi connectivity index (χ0) is 20.1. The van der Waals surface area contributed by atoms with Crippen LogP contribution in [0.1, 0.15) is 11.1 Å². The Bertz CT molecular complexity index is 792. The molecular formula is C21H22O7. The largest absolute Gasteiger partial charge is 0.497 e. The number of methoxy groups -OCH3 is 3. The molecule has 0 radical (unpaired) electrons. The van der Waals surface area contributed by atoms with Gasteiger partial charge in [-0.2, -0.15) is 0 Å². The molecular weight excluding hydrogens is 364 g/mol. The van der Waals surface area contributed by atoms with E-state index < -0.39 is 29.9 Å². The van der Waals surface area contributed by atoms with Crippen molar-refractivity contribution in [2.24, 2.45) is 0 Å². The molecule has 2 aromatic carbocycles. The number of hydrogen-bond donors (Lipinski definition) is 0. The van der Waals surface area contributed by atoms with Gasteiger partial charge in [-0.3, -0.25) is 0 Å². The van der Waals surface area contributed by atoms with Gasteiger partial charge in [0.25, 0.3) is 0 Å². The Labute approximate surface area is 163 Å². The summed E-state index contributed by atoms with van der Waals surface area (Å²) in [6.45, 7) is 0. The maximum Gasteiger partial charge on any atom is 0.338 e. The van der Waals surface area contributed by atoms with E-state index in [0.717, 1.165) is 5.56 Å². The average Bonchev–Trinajstić information content (AvgIpc) is 3.14. The Hall–Kier alpha value is -2.90. The molecule has 3 rings (SSSR count). The van der Waals surface area contributed by atoms with Crippen LogP contribution in [0.3, 0.4) is 0 Å². The number of carbonyl (C=O) groups excluding carboxylic acids is 2. The number of hydrogen-bond acceptors (Lipinski definition) is 7. The molecule has 0 amide bonds. The van der Waals surface area contributed by atoms with Gasteiger partial charge in [-0.15, -0.1) is 0 Å². The summed E-state index contributed by atoms with van der Waals surface area (Å²) in [4.78, 5) is 24.5. The summed E-state index contributed by atoms with van der Waals surface area (Å²) in [7, 11) is 4.02. The fraction of sp³-hybridized carbons (Fsp3) is 0.333. The monoisotopic (exact) mass is 386 g/mol. The zero-order valence-electron chi connectivity index (χ0n) is 15.9. The number of rotatable bonds is 6. The summed E-state index contributed by atoms with van der Waals surface area (Å²) >= 11 is 0. The fourth-order valence-electron chi connectivity index (χ4n) is 3.17. The first-order valence-electron chi connectivity index (χ1n) is 8.72. The summed E-state index contributed by atoms with van der Waals surface area (Å²) in [5.41, 5.74) is 1.55. The van der Waals surface area contributed by atoms with Crippen LogP contribution in [0.25, 0.3) is 0 Å². The second-order valence-corrected chi connectivity index (χ2v) is 6.27. The fourth-order valence-corrected chi connectivity index (χ4v) is 3.17. The SMILES string of the molecule is COC(=O)[C@@H]1OC(Cc2ccccc2)(c2ccc(OC)cc2)O[C@H]1C(=O)OC. The van der Waals surface area contributed by atoms with Gasteiger partial charge in [0.2, 0.25) is 5.79 Å². The Kier molecular flexibility index (Phi) is 5.96. The summed E-state index contributed by atoms with van der Waals surface area (Å²) in [6, 6.07) is 16.6. The van der Waals surface area contributed by atoms with Crippen LogP contribution in [0, 0.1) is 0 Å². The molecule has 1 aliphatic heterocycles. The van der Waals surface area contributed by atoms with Crippen molar-refractivity contribution in [3.05, 3.63) is 65.7 Å². The molecule has 148 valence electrons. The molecule has 2 aromatic rings. The van der Waals surface area contributed by atoms with E-state index in [2.05, 4.69) is 0 Å². The van der Waals surface area contributed by atoms with Crippen molar-refractivity contribution in [3.63, 3.8) is 0 Å². The third-order valence-electron chi connectivity index (χ3n) is 4.59. The maximum absolute atomic E-state index is 12.3. The van der Waals surface area contributed by atoms with E-state index in [1.807, 2.05) is 30.3 Å². The minimum Gasteiger partial charge on any atom is -0.497 e. The van der Waals surface area contributed by atoms with Crippen LogP contribution in [-0.2, 0) is 40.7 Å². The van der Waals surface area contributed by atoms with Crippen LogP contribution in [0.5, 0.6) is 5.75 Å². The lowest BCUT2D eigenvalue weighted by Crippen LogP contribution is -2.38. The molecule has 7 nitrogen and oxygen atoms in total. The van der Waals surface area contributed by atoms with E-state index in [1.165, 1.54) is 14.2 Å².